The van der Waals surface area contributed by atoms with Gasteiger partial charge in [0.05, 0.1) is 0 Å². The highest BCUT2D eigenvalue weighted by Crippen LogP contribution is 2.11. The van der Waals surface area contributed by atoms with Gasteiger partial charge < -0.3 is 10.5 Å². The Balaban J connectivity index is 2.77. The first kappa shape index (κ1) is 8.84. The number of aromatic nitrogens is 1. The highest BCUT2D eigenvalue weighted by atomic mass is 16.5. The van der Waals surface area contributed by atoms with E-state index in [0.717, 1.165) is 10.4 Å². The van der Waals surface area contributed by atoms with Gasteiger partial charge in [-0.25, -0.2) is 0 Å². The molecule has 3 heteroatoms. The third-order valence-corrected chi connectivity index (χ3v) is 1.29. The standard InChI is InChI=1S/C9H14N2O/c1-9(2,3)10-8-5-4-6-11(12)7-8/h4-7,10H,1-3H3. The number of pyridine rings is 1. The molecule has 1 aromatic heterocycles. The molecule has 1 aromatic rings. The summed E-state index contributed by atoms with van der Waals surface area (Å²) in [5, 5.41) is 14.1. The van der Waals surface area contributed by atoms with Gasteiger partial charge in [-0.05, 0) is 26.8 Å². The molecule has 12 heavy (non-hydrogen) atoms. The summed E-state index contributed by atoms with van der Waals surface area (Å²) < 4.78 is 0.786. The van der Waals surface area contributed by atoms with Crippen molar-refractivity contribution in [3.63, 3.8) is 0 Å². The molecular formula is C9H14N2O. The Kier molecular flexibility index (Phi) is 2.22. The fraction of sp³-hybridized carbons (Fsp3) is 0.444. The number of hydrogen-bond donors (Lipinski definition) is 1. The summed E-state index contributed by atoms with van der Waals surface area (Å²) in [6.07, 6.45) is 2.99. The van der Waals surface area contributed by atoms with E-state index in [1.165, 1.54) is 12.4 Å². The van der Waals surface area contributed by atoms with Crippen LogP contribution >= 0.6 is 0 Å². The minimum Gasteiger partial charge on any atom is -0.619 e. The molecule has 1 rings (SSSR count). The first-order valence-electron chi connectivity index (χ1n) is 3.94. The average Bonchev–Trinajstić information content (AvgIpc) is 1.82. The largest absolute Gasteiger partial charge is 0.619 e. The Morgan fingerprint density at radius 2 is 2.08 bits per heavy atom. The van der Waals surface area contributed by atoms with E-state index in [2.05, 4.69) is 26.1 Å². The fourth-order valence-corrected chi connectivity index (χ4v) is 0.962. The molecule has 0 aliphatic heterocycles. The van der Waals surface area contributed by atoms with Crippen molar-refractivity contribution in [2.24, 2.45) is 0 Å². The molecule has 66 valence electrons. The zero-order chi connectivity index (χ0) is 9.19. The normalized spacial score (nSPS) is 11.2. The first-order valence-corrected chi connectivity index (χ1v) is 3.94. The lowest BCUT2D eigenvalue weighted by Crippen LogP contribution is -2.30. The molecule has 0 saturated heterocycles. The third kappa shape index (κ3) is 2.78. The summed E-state index contributed by atoms with van der Waals surface area (Å²) in [4.78, 5) is 0. The van der Waals surface area contributed by atoms with Crippen LogP contribution in [0.15, 0.2) is 24.5 Å². The van der Waals surface area contributed by atoms with Crippen LogP contribution in [0.4, 0.5) is 5.69 Å². The molecule has 0 aliphatic carbocycles. The van der Waals surface area contributed by atoms with Crippen LogP contribution in [0.1, 0.15) is 20.8 Å². The summed E-state index contributed by atoms with van der Waals surface area (Å²) in [5.74, 6) is 0. The first-order chi connectivity index (χ1) is 5.47. The highest BCUT2D eigenvalue weighted by molar-refractivity contribution is 5.40. The number of nitrogens with zero attached hydrogens (tertiary/aromatic N) is 1. The van der Waals surface area contributed by atoms with Gasteiger partial charge in [0.25, 0.3) is 0 Å². The number of nitrogens with one attached hydrogen (secondary N) is 1. The summed E-state index contributed by atoms with van der Waals surface area (Å²) in [5.41, 5.74) is 0.842. The van der Waals surface area contributed by atoms with E-state index in [0.29, 0.717) is 0 Å². The van der Waals surface area contributed by atoms with E-state index in [-0.39, 0.29) is 5.54 Å². The molecule has 0 saturated carbocycles. The molecule has 0 aromatic carbocycles. The molecule has 0 spiro atoms. The topological polar surface area (TPSA) is 39.0 Å². The van der Waals surface area contributed by atoms with Crippen molar-refractivity contribution in [3.8, 4) is 0 Å². The molecule has 0 bridgehead atoms. The Labute approximate surface area is 72.6 Å². The Hall–Kier alpha value is -1.25. The predicted octanol–water partition coefficient (Wildman–Crippen LogP) is 1.53. The lowest BCUT2D eigenvalue weighted by Gasteiger charge is -2.20. The molecule has 0 atom stereocenters. The third-order valence-electron chi connectivity index (χ3n) is 1.29. The van der Waals surface area contributed by atoms with Crippen molar-refractivity contribution in [1.82, 2.24) is 0 Å². The molecule has 1 heterocycles. The van der Waals surface area contributed by atoms with Crippen LogP contribution in [0.2, 0.25) is 0 Å². The fourth-order valence-electron chi connectivity index (χ4n) is 0.962. The second-order valence-electron chi connectivity index (χ2n) is 3.83. The van der Waals surface area contributed by atoms with Crippen LogP contribution in [0.25, 0.3) is 0 Å². The summed E-state index contributed by atoms with van der Waals surface area (Å²) in [6, 6.07) is 3.60. The SMILES string of the molecule is CC(C)(C)Nc1ccc[n+]([O-])c1. The monoisotopic (exact) mass is 166 g/mol. The number of hydrogen-bond acceptors (Lipinski definition) is 2. The van der Waals surface area contributed by atoms with Gasteiger partial charge in [-0.2, -0.15) is 4.73 Å². The van der Waals surface area contributed by atoms with E-state index in [1.807, 2.05) is 6.07 Å². The van der Waals surface area contributed by atoms with E-state index < -0.39 is 0 Å². The Morgan fingerprint density at radius 1 is 1.42 bits per heavy atom. The minimum absolute atomic E-state index is 0.00560. The predicted molar refractivity (Wildman–Crippen MR) is 48.8 cm³/mol. The Morgan fingerprint density at radius 3 is 2.58 bits per heavy atom. The zero-order valence-electron chi connectivity index (χ0n) is 7.66. The van der Waals surface area contributed by atoms with Gasteiger partial charge in [0.2, 0.25) is 6.20 Å². The number of rotatable bonds is 1. The van der Waals surface area contributed by atoms with E-state index in [4.69, 9.17) is 0 Å². The lowest BCUT2D eigenvalue weighted by atomic mass is 10.1. The van der Waals surface area contributed by atoms with Crippen LogP contribution < -0.4 is 10.0 Å². The molecule has 3 nitrogen and oxygen atoms in total. The van der Waals surface area contributed by atoms with Crippen LogP contribution in [-0.4, -0.2) is 5.54 Å². The minimum atomic E-state index is -0.00560. The van der Waals surface area contributed by atoms with E-state index >= 15 is 0 Å². The maximum Gasteiger partial charge on any atom is 0.203 e. The summed E-state index contributed by atoms with van der Waals surface area (Å²) in [6.45, 7) is 6.15. The maximum atomic E-state index is 10.9. The molecule has 0 aliphatic rings. The molecule has 0 radical (unpaired) electrons. The van der Waals surface area contributed by atoms with Crippen LogP contribution in [0.5, 0.6) is 0 Å². The zero-order valence-corrected chi connectivity index (χ0v) is 7.66. The van der Waals surface area contributed by atoms with Crippen molar-refractivity contribution in [2.75, 3.05) is 5.32 Å². The van der Waals surface area contributed by atoms with Crippen LogP contribution in [-0.2, 0) is 0 Å². The quantitative estimate of drug-likeness (QED) is 0.507. The lowest BCUT2D eigenvalue weighted by molar-refractivity contribution is -0.604. The van der Waals surface area contributed by atoms with Crippen molar-refractivity contribution >= 4 is 5.69 Å². The van der Waals surface area contributed by atoms with E-state index in [9.17, 15) is 5.21 Å². The second-order valence-corrected chi connectivity index (χ2v) is 3.83. The van der Waals surface area contributed by atoms with Crippen molar-refractivity contribution < 1.29 is 4.73 Å². The van der Waals surface area contributed by atoms with Gasteiger partial charge >= 0.3 is 0 Å². The van der Waals surface area contributed by atoms with Gasteiger partial charge in [0, 0.05) is 11.6 Å². The van der Waals surface area contributed by atoms with E-state index in [1.54, 1.807) is 6.07 Å². The van der Waals surface area contributed by atoms with Crippen molar-refractivity contribution in [1.29, 1.82) is 0 Å². The van der Waals surface area contributed by atoms with Gasteiger partial charge in [-0.15, -0.1) is 0 Å². The van der Waals surface area contributed by atoms with Gasteiger partial charge in [0.15, 0.2) is 6.20 Å². The Bertz CT molecular complexity index is 265. The van der Waals surface area contributed by atoms with Gasteiger partial charge in [0.1, 0.15) is 5.69 Å². The van der Waals surface area contributed by atoms with Crippen LogP contribution in [0, 0.1) is 5.21 Å². The maximum absolute atomic E-state index is 10.9. The smallest absolute Gasteiger partial charge is 0.203 e. The van der Waals surface area contributed by atoms with Crippen molar-refractivity contribution in [2.45, 2.75) is 26.3 Å². The number of anilines is 1. The molecule has 0 fully saturated rings. The van der Waals surface area contributed by atoms with Crippen molar-refractivity contribution in [3.05, 3.63) is 29.7 Å². The van der Waals surface area contributed by atoms with Crippen LogP contribution in [0.3, 0.4) is 0 Å². The average molecular weight is 166 g/mol. The summed E-state index contributed by atoms with van der Waals surface area (Å²) in [7, 11) is 0. The molecular weight excluding hydrogens is 152 g/mol. The molecule has 0 amide bonds. The summed E-state index contributed by atoms with van der Waals surface area (Å²) >= 11 is 0. The molecule has 1 N–H and O–H groups in total. The second kappa shape index (κ2) is 3.01. The van der Waals surface area contributed by atoms with Gasteiger partial charge in [-0.3, -0.25) is 0 Å². The molecule has 0 unspecified atom stereocenters. The van der Waals surface area contributed by atoms with Gasteiger partial charge in [-0.1, -0.05) is 0 Å². The highest BCUT2D eigenvalue weighted by Gasteiger charge is 2.09.